The molecule has 2 heterocycles. The SMILES string of the molecule is CC#CCN1C(=O)c2ccccc2C(C)c2cc(NC(=O)c3ccc4oc(=O)n(C)c4c3)ccc21. The minimum absolute atomic E-state index is 0.0709. The quantitative estimate of drug-likeness (QED) is 0.451. The molecule has 7 nitrogen and oxygen atoms in total. The molecule has 1 aromatic heterocycles. The molecule has 35 heavy (non-hydrogen) atoms. The van der Waals surface area contributed by atoms with Crippen LogP contribution in [-0.2, 0) is 7.05 Å². The number of hydrogen-bond donors (Lipinski definition) is 1. The third-order valence-electron chi connectivity index (χ3n) is 6.41. The summed E-state index contributed by atoms with van der Waals surface area (Å²) in [5.74, 6) is 4.91. The fourth-order valence-electron chi connectivity index (χ4n) is 4.50. The largest absolute Gasteiger partial charge is 0.419 e. The van der Waals surface area contributed by atoms with E-state index in [4.69, 9.17) is 4.42 Å². The fourth-order valence-corrected chi connectivity index (χ4v) is 4.50. The van der Waals surface area contributed by atoms with Crippen LogP contribution in [0.25, 0.3) is 11.1 Å². The molecule has 4 aromatic rings. The number of aryl methyl sites for hydroxylation is 1. The highest BCUT2D eigenvalue weighted by molar-refractivity contribution is 6.10. The number of hydrogen-bond acceptors (Lipinski definition) is 4. The van der Waals surface area contributed by atoms with E-state index in [0.29, 0.717) is 27.9 Å². The topological polar surface area (TPSA) is 84.6 Å². The highest BCUT2D eigenvalue weighted by Gasteiger charge is 2.30. The maximum atomic E-state index is 13.4. The lowest BCUT2D eigenvalue weighted by atomic mass is 9.89. The molecule has 5 rings (SSSR count). The molecule has 1 atom stereocenters. The Hall–Kier alpha value is -4.57. The number of nitrogens with zero attached hydrogens (tertiary/aromatic N) is 2. The Morgan fingerprint density at radius 3 is 2.66 bits per heavy atom. The second-order valence-corrected chi connectivity index (χ2v) is 8.46. The lowest BCUT2D eigenvalue weighted by Gasteiger charge is -2.22. The van der Waals surface area contributed by atoms with Gasteiger partial charge < -0.3 is 9.73 Å². The van der Waals surface area contributed by atoms with Crippen molar-refractivity contribution in [2.24, 2.45) is 7.05 Å². The first-order valence-electron chi connectivity index (χ1n) is 11.2. The molecule has 0 saturated carbocycles. The van der Waals surface area contributed by atoms with E-state index in [-0.39, 0.29) is 24.3 Å². The molecule has 1 aliphatic heterocycles. The van der Waals surface area contributed by atoms with Crippen molar-refractivity contribution in [1.82, 2.24) is 4.57 Å². The van der Waals surface area contributed by atoms with Gasteiger partial charge in [-0.15, -0.1) is 5.92 Å². The molecule has 1 unspecified atom stereocenters. The van der Waals surface area contributed by atoms with Gasteiger partial charge >= 0.3 is 5.76 Å². The molecule has 0 aliphatic carbocycles. The van der Waals surface area contributed by atoms with Crippen molar-refractivity contribution in [3.05, 3.63) is 93.5 Å². The second-order valence-electron chi connectivity index (χ2n) is 8.46. The summed E-state index contributed by atoms with van der Waals surface area (Å²) in [6.45, 7) is 4.08. The first-order valence-corrected chi connectivity index (χ1v) is 11.2. The zero-order valence-electron chi connectivity index (χ0n) is 19.6. The van der Waals surface area contributed by atoms with Gasteiger partial charge in [-0.2, -0.15) is 0 Å². The number of benzene rings is 3. The number of amides is 2. The maximum Gasteiger partial charge on any atom is 0.419 e. The number of fused-ring (bicyclic) bond motifs is 3. The van der Waals surface area contributed by atoms with E-state index in [1.807, 2.05) is 36.4 Å². The lowest BCUT2D eigenvalue weighted by molar-refractivity contribution is 0.0988. The van der Waals surface area contributed by atoms with Crippen LogP contribution in [0.1, 0.15) is 51.6 Å². The van der Waals surface area contributed by atoms with Gasteiger partial charge in [0.05, 0.1) is 12.1 Å². The van der Waals surface area contributed by atoms with E-state index in [2.05, 4.69) is 24.1 Å². The third-order valence-corrected chi connectivity index (χ3v) is 6.41. The molecule has 7 heteroatoms. The number of aromatic nitrogens is 1. The zero-order chi connectivity index (χ0) is 24.7. The van der Waals surface area contributed by atoms with Crippen molar-refractivity contribution in [3.63, 3.8) is 0 Å². The third kappa shape index (κ3) is 3.79. The Morgan fingerprint density at radius 2 is 1.86 bits per heavy atom. The lowest BCUT2D eigenvalue weighted by Crippen LogP contribution is -2.31. The average Bonchev–Trinajstić information content (AvgIpc) is 3.12. The fraction of sp³-hybridized carbons (Fsp3) is 0.179. The molecule has 0 saturated heterocycles. The predicted octanol–water partition coefficient (Wildman–Crippen LogP) is 4.52. The minimum atomic E-state index is -0.482. The number of nitrogens with one attached hydrogen (secondary N) is 1. The Morgan fingerprint density at radius 1 is 1.06 bits per heavy atom. The van der Waals surface area contributed by atoms with Crippen molar-refractivity contribution >= 4 is 34.3 Å². The number of carbonyl (C=O) groups excluding carboxylic acids is 2. The van der Waals surface area contributed by atoms with Gasteiger partial charge in [0.1, 0.15) is 0 Å². The van der Waals surface area contributed by atoms with Crippen LogP contribution in [-0.4, -0.2) is 22.9 Å². The summed E-state index contributed by atoms with van der Waals surface area (Å²) in [6.07, 6.45) is 0. The van der Waals surface area contributed by atoms with Crippen LogP contribution in [0.4, 0.5) is 11.4 Å². The van der Waals surface area contributed by atoms with Gasteiger partial charge in [0, 0.05) is 35.5 Å². The molecule has 1 N–H and O–H groups in total. The molecule has 0 fully saturated rings. The summed E-state index contributed by atoms with van der Waals surface area (Å²) in [7, 11) is 1.59. The molecule has 1 aliphatic rings. The summed E-state index contributed by atoms with van der Waals surface area (Å²) in [4.78, 5) is 39.9. The first kappa shape index (κ1) is 22.2. The second kappa shape index (κ2) is 8.65. The highest BCUT2D eigenvalue weighted by atomic mass is 16.4. The molecule has 0 spiro atoms. The van der Waals surface area contributed by atoms with E-state index < -0.39 is 5.76 Å². The summed E-state index contributed by atoms with van der Waals surface area (Å²) in [5.41, 5.74) is 5.25. The van der Waals surface area contributed by atoms with Crippen LogP contribution in [0, 0.1) is 11.8 Å². The first-order chi connectivity index (χ1) is 16.9. The smallest absolute Gasteiger partial charge is 0.408 e. The Labute approximate surface area is 202 Å². The molecule has 174 valence electrons. The van der Waals surface area contributed by atoms with Gasteiger partial charge in [-0.05, 0) is 60.5 Å². The van der Waals surface area contributed by atoms with Gasteiger partial charge in [-0.25, -0.2) is 4.79 Å². The van der Waals surface area contributed by atoms with E-state index in [1.54, 1.807) is 43.1 Å². The summed E-state index contributed by atoms with van der Waals surface area (Å²) >= 11 is 0. The molecule has 3 aromatic carbocycles. The summed E-state index contributed by atoms with van der Waals surface area (Å²) < 4.78 is 6.51. The van der Waals surface area contributed by atoms with Crippen molar-refractivity contribution in [3.8, 4) is 11.8 Å². The van der Waals surface area contributed by atoms with Crippen molar-refractivity contribution < 1.29 is 14.0 Å². The van der Waals surface area contributed by atoms with Crippen molar-refractivity contribution in [1.29, 1.82) is 0 Å². The minimum Gasteiger partial charge on any atom is -0.408 e. The normalized spacial score (nSPS) is 14.5. The van der Waals surface area contributed by atoms with Crippen molar-refractivity contribution in [2.75, 3.05) is 16.8 Å². The predicted molar refractivity (Wildman–Crippen MR) is 135 cm³/mol. The molecular weight excluding hydrogens is 442 g/mol. The monoisotopic (exact) mass is 465 g/mol. The van der Waals surface area contributed by atoms with Gasteiger partial charge in [-0.1, -0.05) is 31.0 Å². The van der Waals surface area contributed by atoms with Crippen LogP contribution < -0.4 is 16.0 Å². The molecule has 0 radical (unpaired) electrons. The summed E-state index contributed by atoms with van der Waals surface area (Å²) in [6, 6.07) is 18.0. The van der Waals surface area contributed by atoms with Crippen molar-refractivity contribution in [2.45, 2.75) is 19.8 Å². The van der Waals surface area contributed by atoms with Gasteiger partial charge in [0.25, 0.3) is 11.8 Å². The van der Waals surface area contributed by atoms with Gasteiger partial charge in [0.2, 0.25) is 0 Å². The molecule has 2 amide bonds. The van der Waals surface area contributed by atoms with Crippen LogP contribution >= 0.6 is 0 Å². The molecule has 0 bridgehead atoms. The standard InChI is InChI=1S/C28H23N3O4/c1-4-5-14-31-23-12-11-19(16-22(23)17(2)20-8-6-7-9-21(20)27(31)33)29-26(32)18-10-13-25-24(15-18)30(3)28(34)35-25/h6-13,15-17H,14H2,1-3H3,(H,29,32). The number of carbonyl (C=O) groups is 2. The highest BCUT2D eigenvalue weighted by Crippen LogP contribution is 2.39. The van der Waals surface area contributed by atoms with Crippen LogP contribution in [0.5, 0.6) is 0 Å². The van der Waals surface area contributed by atoms with Crippen LogP contribution in [0.3, 0.4) is 0 Å². The van der Waals surface area contributed by atoms with E-state index >= 15 is 0 Å². The Balaban J connectivity index is 1.53. The van der Waals surface area contributed by atoms with Crippen LogP contribution in [0.2, 0.25) is 0 Å². The van der Waals surface area contributed by atoms with Gasteiger partial charge in [0.15, 0.2) is 5.58 Å². The zero-order valence-corrected chi connectivity index (χ0v) is 19.6. The Bertz CT molecular complexity index is 1620. The average molecular weight is 466 g/mol. The number of rotatable bonds is 3. The van der Waals surface area contributed by atoms with Crippen LogP contribution in [0.15, 0.2) is 69.9 Å². The number of oxazole rings is 1. The summed E-state index contributed by atoms with van der Waals surface area (Å²) in [5, 5.41) is 2.95. The number of anilines is 2. The maximum absolute atomic E-state index is 13.4. The Kier molecular flexibility index (Phi) is 5.50. The van der Waals surface area contributed by atoms with E-state index in [9.17, 15) is 14.4 Å². The van der Waals surface area contributed by atoms with E-state index in [0.717, 1.165) is 16.8 Å². The van der Waals surface area contributed by atoms with Gasteiger partial charge in [-0.3, -0.25) is 19.1 Å². The molecular formula is C28H23N3O4. The van der Waals surface area contributed by atoms with E-state index in [1.165, 1.54) is 4.57 Å².